The van der Waals surface area contributed by atoms with Gasteiger partial charge in [-0.3, -0.25) is 4.79 Å². The van der Waals surface area contributed by atoms with Crippen LogP contribution in [-0.2, 0) is 14.8 Å². The van der Waals surface area contributed by atoms with Gasteiger partial charge in [-0.25, -0.2) is 12.7 Å². The third kappa shape index (κ3) is 3.65. The first-order chi connectivity index (χ1) is 13.8. The molecule has 0 radical (unpaired) electrons. The fourth-order valence-electron chi connectivity index (χ4n) is 4.59. The molecule has 154 valence electrons. The Morgan fingerprint density at radius 1 is 1.10 bits per heavy atom. The average molecular weight is 414 g/mol. The first-order valence-corrected chi connectivity index (χ1v) is 11.4. The second kappa shape index (κ2) is 7.46. The summed E-state index contributed by atoms with van der Waals surface area (Å²) < 4.78 is 26.6. The van der Waals surface area contributed by atoms with Crippen molar-refractivity contribution in [2.45, 2.75) is 37.1 Å². The molecule has 2 atom stereocenters. The van der Waals surface area contributed by atoms with Gasteiger partial charge < -0.3 is 10.2 Å². The third-order valence-corrected chi connectivity index (χ3v) is 7.80. The number of para-hydroxylation sites is 1. The van der Waals surface area contributed by atoms with E-state index in [4.69, 9.17) is 0 Å². The number of hydrogen-bond donors (Lipinski definition) is 1. The predicted molar refractivity (Wildman–Crippen MR) is 116 cm³/mol. The molecule has 1 heterocycles. The summed E-state index contributed by atoms with van der Waals surface area (Å²) in [5, 5.41) is 2.87. The van der Waals surface area contributed by atoms with Crippen molar-refractivity contribution in [3.05, 3.63) is 42.5 Å². The molecule has 2 fully saturated rings. The highest BCUT2D eigenvalue weighted by atomic mass is 32.2. The summed E-state index contributed by atoms with van der Waals surface area (Å²) in [6, 6.07) is 13.5. The number of sulfonamides is 1. The van der Waals surface area contributed by atoms with Crippen LogP contribution in [0.25, 0.3) is 11.1 Å². The molecule has 1 saturated carbocycles. The minimum absolute atomic E-state index is 0.188. The number of rotatable bonds is 5. The molecule has 1 saturated heterocycles. The van der Waals surface area contributed by atoms with E-state index in [1.54, 1.807) is 18.2 Å². The molecule has 1 aliphatic carbocycles. The van der Waals surface area contributed by atoms with E-state index in [0.29, 0.717) is 11.7 Å². The van der Waals surface area contributed by atoms with E-state index in [1.807, 2.05) is 18.2 Å². The second-order valence-corrected chi connectivity index (χ2v) is 10.3. The fraction of sp³-hybridized carbons (Fsp3) is 0.409. The second-order valence-electron chi connectivity index (χ2n) is 8.18. The van der Waals surface area contributed by atoms with Crippen LogP contribution in [0.4, 0.5) is 11.4 Å². The lowest BCUT2D eigenvalue weighted by molar-refractivity contribution is -0.114. The average Bonchev–Trinajstić information content (AvgIpc) is 3.31. The molecule has 2 aliphatic rings. The Labute approximate surface area is 172 Å². The molecule has 2 unspecified atom stereocenters. The molecule has 0 aromatic heterocycles. The van der Waals surface area contributed by atoms with Crippen molar-refractivity contribution >= 4 is 27.3 Å². The van der Waals surface area contributed by atoms with Crippen LogP contribution >= 0.6 is 0 Å². The summed E-state index contributed by atoms with van der Waals surface area (Å²) in [6.07, 6.45) is 3.71. The van der Waals surface area contributed by atoms with E-state index in [0.717, 1.165) is 29.3 Å². The van der Waals surface area contributed by atoms with Gasteiger partial charge in [0.15, 0.2) is 0 Å². The molecule has 2 aromatic rings. The lowest BCUT2D eigenvalue weighted by Crippen LogP contribution is -2.32. The van der Waals surface area contributed by atoms with E-state index < -0.39 is 10.0 Å². The van der Waals surface area contributed by atoms with Gasteiger partial charge in [0.25, 0.3) is 0 Å². The Kier molecular flexibility index (Phi) is 5.12. The molecule has 1 amide bonds. The maximum Gasteiger partial charge on any atom is 0.242 e. The molecule has 29 heavy (non-hydrogen) atoms. The van der Waals surface area contributed by atoms with Gasteiger partial charge in [0.2, 0.25) is 15.9 Å². The summed E-state index contributed by atoms with van der Waals surface area (Å²) in [5.41, 5.74) is 3.39. The first-order valence-electron chi connectivity index (χ1n) is 9.97. The van der Waals surface area contributed by atoms with Crippen LogP contribution in [-0.4, -0.2) is 45.3 Å². The number of piperidine rings is 1. The number of hydrogen-bond acceptors (Lipinski definition) is 4. The molecule has 4 rings (SSSR count). The molecule has 0 spiro atoms. The highest BCUT2D eigenvalue weighted by Gasteiger charge is 2.38. The highest BCUT2D eigenvalue weighted by molar-refractivity contribution is 7.89. The van der Waals surface area contributed by atoms with Crippen LogP contribution in [0.15, 0.2) is 47.4 Å². The zero-order valence-electron chi connectivity index (χ0n) is 17.1. The van der Waals surface area contributed by atoms with E-state index in [2.05, 4.69) is 16.3 Å². The van der Waals surface area contributed by atoms with Crippen LogP contribution in [0.5, 0.6) is 0 Å². The van der Waals surface area contributed by atoms with Crippen LogP contribution in [0, 0.1) is 5.92 Å². The van der Waals surface area contributed by atoms with E-state index >= 15 is 0 Å². The van der Waals surface area contributed by atoms with Crippen molar-refractivity contribution < 1.29 is 13.2 Å². The molecule has 6 nitrogen and oxygen atoms in total. The largest absolute Gasteiger partial charge is 0.368 e. The maximum absolute atomic E-state index is 12.7. The van der Waals surface area contributed by atoms with Crippen molar-refractivity contribution in [2.75, 3.05) is 30.9 Å². The van der Waals surface area contributed by atoms with Gasteiger partial charge in [0.1, 0.15) is 0 Å². The fourth-order valence-corrected chi connectivity index (χ4v) is 5.52. The van der Waals surface area contributed by atoms with Gasteiger partial charge in [-0.1, -0.05) is 18.2 Å². The number of amides is 1. The van der Waals surface area contributed by atoms with Crippen molar-refractivity contribution in [1.29, 1.82) is 0 Å². The van der Waals surface area contributed by atoms with Gasteiger partial charge in [0, 0.05) is 56.1 Å². The van der Waals surface area contributed by atoms with E-state index in [9.17, 15) is 13.2 Å². The Hall–Kier alpha value is -2.38. The van der Waals surface area contributed by atoms with Gasteiger partial charge in [-0.2, -0.15) is 0 Å². The highest BCUT2D eigenvalue weighted by Crippen LogP contribution is 2.45. The van der Waals surface area contributed by atoms with Crippen molar-refractivity contribution in [2.24, 2.45) is 5.92 Å². The predicted octanol–water partition coefficient (Wildman–Crippen LogP) is 3.55. The van der Waals surface area contributed by atoms with Crippen LogP contribution in [0.2, 0.25) is 0 Å². The van der Waals surface area contributed by atoms with Crippen molar-refractivity contribution in [1.82, 2.24) is 4.31 Å². The lowest BCUT2D eigenvalue weighted by Gasteiger charge is -2.31. The summed E-state index contributed by atoms with van der Waals surface area (Å²) in [4.78, 5) is 14.4. The number of carbonyl (C=O) groups excluding carboxylic acids is 1. The number of anilines is 2. The molecule has 2 aromatic carbocycles. The lowest BCUT2D eigenvalue weighted by atomic mass is 9.99. The Morgan fingerprint density at radius 2 is 1.86 bits per heavy atom. The molecular weight excluding hydrogens is 386 g/mol. The van der Waals surface area contributed by atoms with E-state index in [-0.39, 0.29) is 10.8 Å². The minimum Gasteiger partial charge on any atom is -0.368 e. The number of nitrogens with zero attached hydrogens (tertiary/aromatic N) is 2. The standard InChI is InChI=1S/C22H27N3O3S/c1-15(26)23-21-11-10-18(29(27,28)24(2)3)13-20(21)19-6-4-5-7-22(19)25-14-16-8-9-17(25)12-16/h4-7,10-11,13,16-17H,8-9,12,14H2,1-3H3,(H,23,26). The Morgan fingerprint density at radius 3 is 2.48 bits per heavy atom. The minimum atomic E-state index is -3.59. The number of carbonyl (C=O) groups is 1. The summed E-state index contributed by atoms with van der Waals surface area (Å²) in [5.74, 6) is 0.551. The van der Waals surface area contributed by atoms with Gasteiger partial charge >= 0.3 is 0 Å². The molecule has 1 aliphatic heterocycles. The van der Waals surface area contributed by atoms with Gasteiger partial charge in [-0.15, -0.1) is 0 Å². The Bertz CT molecular complexity index is 1050. The maximum atomic E-state index is 12.7. The number of fused-ring (bicyclic) bond motifs is 2. The first kappa shape index (κ1) is 19.9. The molecular formula is C22H27N3O3S. The van der Waals surface area contributed by atoms with Crippen molar-refractivity contribution in [3.8, 4) is 11.1 Å². The smallest absolute Gasteiger partial charge is 0.242 e. The quantitative estimate of drug-likeness (QED) is 0.814. The number of benzene rings is 2. The summed E-state index contributed by atoms with van der Waals surface area (Å²) >= 11 is 0. The summed E-state index contributed by atoms with van der Waals surface area (Å²) in [7, 11) is -0.547. The number of nitrogens with one attached hydrogen (secondary N) is 1. The molecule has 1 N–H and O–H groups in total. The Balaban J connectivity index is 1.86. The normalized spacial score (nSPS) is 21.0. The molecule has 2 bridgehead atoms. The SMILES string of the molecule is CC(=O)Nc1ccc(S(=O)(=O)N(C)C)cc1-c1ccccc1N1CC2CCC1C2. The third-order valence-electron chi connectivity index (χ3n) is 5.99. The zero-order valence-corrected chi connectivity index (χ0v) is 17.9. The van der Waals surface area contributed by atoms with Crippen molar-refractivity contribution in [3.63, 3.8) is 0 Å². The van der Waals surface area contributed by atoms with Crippen LogP contribution in [0.1, 0.15) is 26.2 Å². The van der Waals surface area contributed by atoms with Gasteiger partial charge in [0.05, 0.1) is 4.90 Å². The van der Waals surface area contributed by atoms with Crippen LogP contribution in [0.3, 0.4) is 0 Å². The zero-order chi connectivity index (χ0) is 20.8. The summed E-state index contributed by atoms with van der Waals surface area (Å²) in [6.45, 7) is 2.49. The molecule has 7 heteroatoms. The van der Waals surface area contributed by atoms with E-state index in [1.165, 1.54) is 44.6 Å². The monoisotopic (exact) mass is 413 g/mol. The van der Waals surface area contributed by atoms with Crippen LogP contribution < -0.4 is 10.2 Å². The topological polar surface area (TPSA) is 69.7 Å². The van der Waals surface area contributed by atoms with Gasteiger partial charge in [-0.05, 0) is 49.4 Å².